The molecule has 0 bridgehead atoms. The molecular formula is C22H38N4O. The molecule has 0 radical (unpaired) electrons. The smallest absolute Gasteiger partial charge is 0.238 e. The summed E-state index contributed by atoms with van der Waals surface area (Å²) in [6, 6.07) is 8.67. The third-order valence-electron chi connectivity index (χ3n) is 5.51. The zero-order valence-electron chi connectivity index (χ0n) is 17.9. The Hall–Kier alpha value is -1.59. The number of anilines is 2. The molecule has 0 unspecified atom stereocenters. The van der Waals surface area contributed by atoms with Crippen LogP contribution in [0.25, 0.3) is 0 Å². The Kier molecular flexibility index (Phi) is 8.58. The summed E-state index contributed by atoms with van der Waals surface area (Å²) in [5.41, 5.74) is 2.08. The first kappa shape index (κ1) is 21.7. The van der Waals surface area contributed by atoms with E-state index in [1.54, 1.807) is 0 Å². The van der Waals surface area contributed by atoms with Gasteiger partial charge in [-0.1, -0.05) is 0 Å². The molecule has 5 heteroatoms. The number of rotatable bonds is 9. The van der Waals surface area contributed by atoms with E-state index in [2.05, 4.69) is 67.0 Å². The maximum Gasteiger partial charge on any atom is 0.238 e. The van der Waals surface area contributed by atoms with Crippen molar-refractivity contribution in [3.05, 3.63) is 24.3 Å². The summed E-state index contributed by atoms with van der Waals surface area (Å²) in [7, 11) is 4.27. The zero-order chi connectivity index (χ0) is 19.8. The SMILES string of the molecule is CCN(c1ccc(NC(=O)CN2CCC(CCN(C)C)CC2)cc1)C(C)C. The first-order valence-electron chi connectivity index (χ1n) is 10.4. The Morgan fingerprint density at radius 3 is 2.33 bits per heavy atom. The Balaban J connectivity index is 1.76. The molecule has 1 aliphatic rings. The Labute approximate surface area is 165 Å². The summed E-state index contributed by atoms with van der Waals surface area (Å²) in [6.07, 6.45) is 3.68. The third-order valence-corrected chi connectivity index (χ3v) is 5.51. The van der Waals surface area contributed by atoms with Gasteiger partial charge in [0.25, 0.3) is 0 Å². The minimum atomic E-state index is 0.0886. The molecule has 2 rings (SSSR count). The van der Waals surface area contributed by atoms with Gasteiger partial charge in [-0.05, 0) is 104 Å². The molecule has 1 aromatic carbocycles. The van der Waals surface area contributed by atoms with Gasteiger partial charge in [0.2, 0.25) is 5.91 Å². The Morgan fingerprint density at radius 1 is 1.19 bits per heavy atom. The van der Waals surface area contributed by atoms with E-state index in [0.29, 0.717) is 12.6 Å². The van der Waals surface area contributed by atoms with Gasteiger partial charge in [0.1, 0.15) is 0 Å². The molecule has 0 atom stereocenters. The molecule has 1 saturated heterocycles. The van der Waals surface area contributed by atoms with Crippen LogP contribution in [0.3, 0.4) is 0 Å². The van der Waals surface area contributed by atoms with Crippen molar-refractivity contribution in [1.82, 2.24) is 9.80 Å². The summed E-state index contributed by atoms with van der Waals surface area (Å²) in [6.45, 7) is 11.3. The number of likely N-dealkylation sites (tertiary alicyclic amines) is 1. The molecule has 27 heavy (non-hydrogen) atoms. The summed E-state index contributed by atoms with van der Waals surface area (Å²) < 4.78 is 0. The van der Waals surface area contributed by atoms with Crippen molar-refractivity contribution in [2.45, 2.75) is 46.1 Å². The fourth-order valence-electron chi connectivity index (χ4n) is 3.86. The van der Waals surface area contributed by atoms with E-state index >= 15 is 0 Å². The minimum Gasteiger partial charge on any atom is -0.369 e. The van der Waals surface area contributed by atoms with Crippen molar-refractivity contribution in [2.75, 3.05) is 57.0 Å². The van der Waals surface area contributed by atoms with Crippen LogP contribution in [0.5, 0.6) is 0 Å². The van der Waals surface area contributed by atoms with Crippen molar-refractivity contribution in [3.63, 3.8) is 0 Å². The van der Waals surface area contributed by atoms with Crippen LogP contribution in [-0.4, -0.2) is 68.6 Å². The molecule has 1 aromatic rings. The number of hydrogen-bond donors (Lipinski definition) is 1. The van der Waals surface area contributed by atoms with Crippen LogP contribution in [0.1, 0.15) is 40.0 Å². The number of amides is 1. The van der Waals surface area contributed by atoms with Crippen LogP contribution >= 0.6 is 0 Å². The first-order valence-corrected chi connectivity index (χ1v) is 10.4. The molecule has 0 aliphatic carbocycles. The van der Waals surface area contributed by atoms with Crippen LogP contribution in [0.15, 0.2) is 24.3 Å². The van der Waals surface area contributed by atoms with E-state index in [9.17, 15) is 4.79 Å². The number of carbonyl (C=O) groups excluding carboxylic acids is 1. The molecule has 0 spiro atoms. The lowest BCUT2D eigenvalue weighted by molar-refractivity contribution is -0.117. The van der Waals surface area contributed by atoms with Gasteiger partial charge < -0.3 is 15.1 Å². The van der Waals surface area contributed by atoms with E-state index < -0.39 is 0 Å². The number of carbonyl (C=O) groups is 1. The largest absolute Gasteiger partial charge is 0.369 e. The van der Waals surface area contributed by atoms with Crippen molar-refractivity contribution >= 4 is 17.3 Å². The van der Waals surface area contributed by atoms with Gasteiger partial charge in [-0.25, -0.2) is 0 Å². The summed E-state index contributed by atoms with van der Waals surface area (Å²) >= 11 is 0. The molecule has 1 aliphatic heterocycles. The van der Waals surface area contributed by atoms with Crippen molar-refractivity contribution in [1.29, 1.82) is 0 Å². The highest BCUT2D eigenvalue weighted by molar-refractivity contribution is 5.92. The van der Waals surface area contributed by atoms with Crippen LogP contribution in [0, 0.1) is 5.92 Å². The highest BCUT2D eigenvalue weighted by Crippen LogP contribution is 2.22. The van der Waals surface area contributed by atoms with Gasteiger partial charge in [-0.15, -0.1) is 0 Å². The van der Waals surface area contributed by atoms with E-state index in [1.807, 2.05) is 12.1 Å². The highest BCUT2D eigenvalue weighted by Gasteiger charge is 2.20. The molecule has 0 aromatic heterocycles. The van der Waals surface area contributed by atoms with Crippen LogP contribution in [0.2, 0.25) is 0 Å². The van der Waals surface area contributed by atoms with Crippen molar-refractivity contribution in [2.24, 2.45) is 5.92 Å². The van der Waals surface area contributed by atoms with E-state index in [1.165, 1.54) is 24.9 Å². The number of nitrogens with zero attached hydrogens (tertiary/aromatic N) is 3. The summed E-state index contributed by atoms with van der Waals surface area (Å²) in [4.78, 5) is 19.3. The van der Waals surface area contributed by atoms with Gasteiger partial charge in [-0.2, -0.15) is 0 Å². The monoisotopic (exact) mass is 374 g/mol. The van der Waals surface area contributed by atoms with Crippen LogP contribution in [0.4, 0.5) is 11.4 Å². The average Bonchev–Trinajstić information content (AvgIpc) is 2.63. The Bertz CT molecular complexity index is 562. The molecule has 1 N–H and O–H groups in total. The lowest BCUT2D eigenvalue weighted by atomic mass is 9.93. The second-order valence-corrected chi connectivity index (χ2v) is 8.29. The molecule has 1 heterocycles. The summed E-state index contributed by atoms with van der Waals surface area (Å²) in [5, 5.41) is 3.05. The predicted octanol–water partition coefficient (Wildman–Crippen LogP) is 3.52. The van der Waals surface area contributed by atoms with Crippen LogP contribution in [-0.2, 0) is 4.79 Å². The fraction of sp³-hybridized carbons (Fsp3) is 0.682. The maximum absolute atomic E-state index is 12.4. The quantitative estimate of drug-likeness (QED) is 0.718. The lowest BCUT2D eigenvalue weighted by Crippen LogP contribution is -2.39. The second kappa shape index (κ2) is 10.7. The number of nitrogens with one attached hydrogen (secondary N) is 1. The Morgan fingerprint density at radius 2 is 1.81 bits per heavy atom. The van der Waals surface area contributed by atoms with Gasteiger partial charge in [-0.3, -0.25) is 9.69 Å². The van der Waals surface area contributed by atoms with Gasteiger partial charge in [0.15, 0.2) is 0 Å². The van der Waals surface area contributed by atoms with Gasteiger partial charge >= 0.3 is 0 Å². The number of benzene rings is 1. The topological polar surface area (TPSA) is 38.8 Å². The minimum absolute atomic E-state index is 0.0886. The van der Waals surface area contributed by atoms with E-state index in [4.69, 9.17) is 0 Å². The van der Waals surface area contributed by atoms with E-state index in [0.717, 1.165) is 37.8 Å². The number of piperidine rings is 1. The number of hydrogen-bond acceptors (Lipinski definition) is 4. The molecule has 1 fully saturated rings. The molecule has 152 valence electrons. The standard InChI is InChI=1S/C22H38N4O/c1-6-26(18(2)3)21-9-7-20(8-10-21)23-22(27)17-25-15-12-19(13-16-25)11-14-24(4)5/h7-10,18-19H,6,11-17H2,1-5H3,(H,23,27). The zero-order valence-corrected chi connectivity index (χ0v) is 17.9. The summed E-state index contributed by atoms with van der Waals surface area (Å²) in [5.74, 6) is 0.896. The lowest BCUT2D eigenvalue weighted by Gasteiger charge is -2.32. The predicted molar refractivity (Wildman–Crippen MR) is 116 cm³/mol. The van der Waals surface area contributed by atoms with Crippen molar-refractivity contribution < 1.29 is 4.79 Å². The maximum atomic E-state index is 12.4. The fourth-order valence-corrected chi connectivity index (χ4v) is 3.86. The van der Waals surface area contributed by atoms with Gasteiger partial charge in [0, 0.05) is 24.0 Å². The third kappa shape index (κ3) is 7.15. The van der Waals surface area contributed by atoms with Gasteiger partial charge in [0.05, 0.1) is 6.54 Å². The normalized spacial score (nSPS) is 16.1. The van der Waals surface area contributed by atoms with Crippen LogP contribution < -0.4 is 10.2 Å². The molecule has 0 saturated carbocycles. The van der Waals surface area contributed by atoms with E-state index in [-0.39, 0.29) is 5.91 Å². The highest BCUT2D eigenvalue weighted by atomic mass is 16.2. The molecular weight excluding hydrogens is 336 g/mol. The molecule has 1 amide bonds. The first-order chi connectivity index (χ1) is 12.9. The average molecular weight is 375 g/mol. The second-order valence-electron chi connectivity index (χ2n) is 8.29. The molecule has 5 nitrogen and oxygen atoms in total. The van der Waals surface area contributed by atoms with Crippen molar-refractivity contribution in [3.8, 4) is 0 Å².